The number of hydrogen-bond donors (Lipinski definition) is 1. The molecule has 0 fully saturated rings. The molecule has 2 rings (SSSR count). The third-order valence-electron chi connectivity index (χ3n) is 2.94. The van der Waals surface area contributed by atoms with Crippen molar-refractivity contribution in [1.82, 2.24) is 9.69 Å². The lowest BCUT2D eigenvalue weighted by Crippen LogP contribution is -2.44. The van der Waals surface area contributed by atoms with Gasteiger partial charge in [0.1, 0.15) is 15.2 Å². The van der Waals surface area contributed by atoms with Gasteiger partial charge in [0.15, 0.2) is 5.69 Å². The Bertz CT molecular complexity index is 805. The molecule has 0 spiro atoms. The van der Waals surface area contributed by atoms with Crippen LogP contribution in [-0.4, -0.2) is 21.8 Å². The van der Waals surface area contributed by atoms with Gasteiger partial charge in [-0.15, -0.1) is 0 Å². The minimum atomic E-state index is -1.50. The maximum Gasteiger partial charge on any atom is 0.360 e. The minimum absolute atomic E-state index is 0.0693. The fourth-order valence-electron chi connectivity index (χ4n) is 1.93. The number of halogens is 3. The maximum atomic E-state index is 14.1. The zero-order valence-electron chi connectivity index (χ0n) is 13.6. The average molecular weight is 405 g/mol. The highest BCUT2D eigenvalue weighted by atomic mass is 35.5. The summed E-state index contributed by atoms with van der Waals surface area (Å²) >= 11 is 12.5. The summed E-state index contributed by atoms with van der Waals surface area (Å²) in [6, 6.07) is 5.55. The van der Waals surface area contributed by atoms with Gasteiger partial charge in [-0.25, -0.2) is 9.18 Å². The van der Waals surface area contributed by atoms with Crippen LogP contribution in [0.15, 0.2) is 24.3 Å². The molecule has 9 heteroatoms. The number of nitrogens with zero attached hydrogens (tertiary/aromatic N) is 1. The molecule has 0 saturated carbocycles. The van der Waals surface area contributed by atoms with Crippen molar-refractivity contribution in [3.8, 4) is 0 Å². The lowest BCUT2D eigenvalue weighted by Gasteiger charge is -2.25. The molecule has 0 aliphatic heterocycles. The minimum Gasteiger partial charge on any atom is -0.442 e. The average Bonchev–Trinajstić information content (AvgIpc) is 2.83. The summed E-state index contributed by atoms with van der Waals surface area (Å²) in [6.45, 7) is 5.26. The smallest absolute Gasteiger partial charge is 0.360 e. The van der Waals surface area contributed by atoms with E-state index in [2.05, 4.69) is 9.69 Å². The first kappa shape index (κ1) is 19.6. The van der Waals surface area contributed by atoms with Crippen molar-refractivity contribution in [2.24, 2.45) is 0 Å². The van der Waals surface area contributed by atoms with Crippen LogP contribution in [0.1, 0.15) is 42.9 Å². The van der Waals surface area contributed by atoms with Crippen LogP contribution in [0.3, 0.4) is 0 Å². The summed E-state index contributed by atoms with van der Waals surface area (Å²) in [5.74, 6) is -2.30. The standard InChI is InChI=1S/C16H15Cl2FN2O3S/c1-16(2,3)20-14(22)12(8-6-4-5-7-9(8)19)24-15(23)11-10(17)13(18)25-21-11/h4-7,12H,1-3H3,(H,20,22). The van der Waals surface area contributed by atoms with Gasteiger partial charge in [0, 0.05) is 11.1 Å². The fraction of sp³-hybridized carbons (Fsp3) is 0.312. The van der Waals surface area contributed by atoms with Gasteiger partial charge in [0.05, 0.1) is 0 Å². The number of carbonyl (C=O) groups is 2. The Morgan fingerprint density at radius 3 is 2.44 bits per heavy atom. The molecule has 1 unspecified atom stereocenters. The summed E-state index contributed by atoms with van der Waals surface area (Å²) in [7, 11) is 0. The van der Waals surface area contributed by atoms with E-state index in [1.807, 2.05) is 0 Å². The molecule has 1 aromatic carbocycles. The van der Waals surface area contributed by atoms with Gasteiger partial charge in [-0.2, -0.15) is 4.37 Å². The Balaban J connectivity index is 2.35. The Kier molecular flexibility index (Phi) is 6.03. The van der Waals surface area contributed by atoms with Crippen molar-refractivity contribution in [3.05, 3.63) is 50.7 Å². The molecule has 1 aromatic heterocycles. The van der Waals surface area contributed by atoms with E-state index in [1.54, 1.807) is 20.8 Å². The molecular formula is C16H15Cl2FN2O3S. The highest BCUT2D eigenvalue weighted by molar-refractivity contribution is 7.11. The van der Waals surface area contributed by atoms with E-state index in [9.17, 15) is 14.0 Å². The van der Waals surface area contributed by atoms with Crippen LogP contribution in [0.5, 0.6) is 0 Å². The summed E-state index contributed by atoms with van der Waals surface area (Å²) in [5.41, 5.74) is -0.897. The first-order valence-corrected chi connectivity index (χ1v) is 8.71. The van der Waals surface area contributed by atoms with Crippen LogP contribution in [0.2, 0.25) is 9.36 Å². The lowest BCUT2D eigenvalue weighted by molar-refractivity contribution is -0.132. The van der Waals surface area contributed by atoms with Crippen LogP contribution in [0.25, 0.3) is 0 Å². The van der Waals surface area contributed by atoms with E-state index in [0.29, 0.717) is 0 Å². The van der Waals surface area contributed by atoms with Crippen molar-refractivity contribution >= 4 is 46.6 Å². The molecule has 25 heavy (non-hydrogen) atoms. The van der Waals surface area contributed by atoms with E-state index in [4.69, 9.17) is 27.9 Å². The van der Waals surface area contributed by atoms with Crippen LogP contribution < -0.4 is 5.32 Å². The molecule has 1 heterocycles. The number of amides is 1. The van der Waals surface area contributed by atoms with E-state index in [-0.39, 0.29) is 20.6 Å². The Morgan fingerprint density at radius 1 is 1.28 bits per heavy atom. The second-order valence-electron chi connectivity index (χ2n) is 6.16. The van der Waals surface area contributed by atoms with Crippen LogP contribution in [0, 0.1) is 5.82 Å². The van der Waals surface area contributed by atoms with Crippen molar-refractivity contribution < 1.29 is 18.7 Å². The normalized spacial score (nSPS) is 12.6. The number of nitrogens with one attached hydrogen (secondary N) is 1. The number of carbonyl (C=O) groups excluding carboxylic acids is 2. The number of rotatable bonds is 4. The summed E-state index contributed by atoms with van der Waals surface area (Å²) < 4.78 is 23.3. The van der Waals surface area contributed by atoms with Gasteiger partial charge >= 0.3 is 5.97 Å². The van der Waals surface area contributed by atoms with E-state index >= 15 is 0 Å². The molecule has 5 nitrogen and oxygen atoms in total. The number of benzene rings is 1. The first-order chi connectivity index (χ1) is 11.6. The lowest BCUT2D eigenvalue weighted by atomic mass is 10.0. The van der Waals surface area contributed by atoms with E-state index < -0.39 is 29.3 Å². The molecule has 0 saturated heterocycles. The zero-order chi connectivity index (χ0) is 18.8. The van der Waals surface area contributed by atoms with Crippen molar-refractivity contribution in [1.29, 1.82) is 0 Å². The van der Waals surface area contributed by atoms with Gasteiger partial charge < -0.3 is 10.1 Å². The summed E-state index contributed by atoms with van der Waals surface area (Å²) in [6.07, 6.45) is -1.50. The molecule has 0 aliphatic rings. The molecule has 134 valence electrons. The van der Waals surface area contributed by atoms with Gasteiger partial charge in [-0.05, 0) is 38.4 Å². The fourth-order valence-corrected chi connectivity index (χ4v) is 2.91. The van der Waals surface area contributed by atoms with E-state index in [1.165, 1.54) is 24.3 Å². The van der Waals surface area contributed by atoms with Crippen LogP contribution in [-0.2, 0) is 9.53 Å². The second-order valence-corrected chi connectivity index (χ2v) is 7.92. The largest absolute Gasteiger partial charge is 0.442 e. The van der Waals surface area contributed by atoms with Crippen molar-refractivity contribution in [2.45, 2.75) is 32.4 Å². The quantitative estimate of drug-likeness (QED) is 0.766. The van der Waals surface area contributed by atoms with Gasteiger partial charge in [-0.1, -0.05) is 41.4 Å². The number of esters is 1. The van der Waals surface area contributed by atoms with Gasteiger partial charge in [-0.3, -0.25) is 4.79 Å². The predicted molar refractivity (Wildman–Crippen MR) is 94.6 cm³/mol. The number of hydrogen-bond acceptors (Lipinski definition) is 5. The second kappa shape index (κ2) is 7.68. The van der Waals surface area contributed by atoms with Crippen LogP contribution in [0.4, 0.5) is 4.39 Å². The van der Waals surface area contributed by atoms with Crippen molar-refractivity contribution in [2.75, 3.05) is 0 Å². The highest BCUT2D eigenvalue weighted by Crippen LogP contribution is 2.31. The van der Waals surface area contributed by atoms with Gasteiger partial charge in [0.25, 0.3) is 5.91 Å². The van der Waals surface area contributed by atoms with Gasteiger partial charge in [0.2, 0.25) is 6.10 Å². The molecule has 2 aromatic rings. The first-order valence-electron chi connectivity index (χ1n) is 7.18. The molecular weight excluding hydrogens is 390 g/mol. The number of ether oxygens (including phenoxy) is 1. The molecule has 0 bridgehead atoms. The molecule has 1 N–H and O–H groups in total. The summed E-state index contributed by atoms with van der Waals surface area (Å²) in [4.78, 5) is 24.9. The topological polar surface area (TPSA) is 68.3 Å². The Hall–Kier alpha value is -1.70. The molecule has 0 radical (unpaired) electrons. The molecule has 1 atom stereocenters. The zero-order valence-corrected chi connectivity index (χ0v) is 15.9. The predicted octanol–water partition coefficient (Wildman–Crippen LogP) is 4.40. The Morgan fingerprint density at radius 2 is 1.92 bits per heavy atom. The third-order valence-corrected chi connectivity index (χ3v) is 4.55. The van der Waals surface area contributed by atoms with E-state index in [0.717, 1.165) is 11.5 Å². The SMILES string of the molecule is CC(C)(C)NC(=O)C(OC(=O)c1nsc(Cl)c1Cl)c1ccccc1F. The van der Waals surface area contributed by atoms with Crippen molar-refractivity contribution in [3.63, 3.8) is 0 Å². The molecule has 0 aliphatic carbocycles. The van der Waals surface area contributed by atoms with Crippen LogP contribution >= 0.6 is 34.7 Å². The number of aromatic nitrogens is 1. The Labute approximate surface area is 158 Å². The third kappa shape index (κ3) is 4.90. The summed E-state index contributed by atoms with van der Waals surface area (Å²) in [5, 5.41) is 2.59. The molecule has 1 amide bonds. The monoisotopic (exact) mass is 404 g/mol. The maximum absolute atomic E-state index is 14.1. The highest BCUT2D eigenvalue weighted by Gasteiger charge is 2.32.